The number of ketones is 1. The fourth-order valence-corrected chi connectivity index (χ4v) is 5.19. The van der Waals surface area contributed by atoms with Gasteiger partial charge in [0.25, 0.3) is 0 Å². The summed E-state index contributed by atoms with van der Waals surface area (Å²) in [6.07, 6.45) is -1.97. The van der Waals surface area contributed by atoms with E-state index in [0.29, 0.717) is 35.3 Å². The summed E-state index contributed by atoms with van der Waals surface area (Å²) >= 11 is 0. The quantitative estimate of drug-likeness (QED) is 0.451. The van der Waals surface area contributed by atoms with E-state index in [9.17, 15) is 18.0 Å². The molecule has 2 atom stereocenters. The van der Waals surface area contributed by atoms with Crippen molar-refractivity contribution < 1.29 is 18.0 Å². The number of Topliss-reactive ketones (excluding diaryl/α,β-unsaturated/α-hetero) is 1. The molecule has 0 radical (unpaired) electrons. The Kier molecular flexibility index (Phi) is 4.33. The molecule has 1 aliphatic heterocycles. The van der Waals surface area contributed by atoms with Gasteiger partial charge >= 0.3 is 6.18 Å². The molecule has 6 heteroatoms. The average molecular weight is 422 g/mol. The molecule has 0 spiro atoms. The van der Waals surface area contributed by atoms with Crippen LogP contribution in [0.1, 0.15) is 49.3 Å². The fourth-order valence-electron chi connectivity index (χ4n) is 5.19. The summed E-state index contributed by atoms with van der Waals surface area (Å²) in [7, 11) is 0. The van der Waals surface area contributed by atoms with Crippen LogP contribution in [0.25, 0.3) is 10.9 Å². The Hall–Kier alpha value is -3.02. The number of fused-ring (bicyclic) bond motifs is 4. The molecule has 2 aromatic carbocycles. The number of halogens is 3. The van der Waals surface area contributed by atoms with Crippen LogP contribution in [0.4, 0.5) is 18.9 Å². The first kappa shape index (κ1) is 19.9. The Bertz CT molecular complexity index is 1240. The minimum atomic E-state index is -4.52. The molecule has 1 aliphatic carbocycles. The van der Waals surface area contributed by atoms with Crippen LogP contribution in [0.5, 0.6) is 0 Å². The lowest BCUT2D eigenvalue weighted by Crippen LogP contribution is -2.42. The molecule has 0 amide bonds. The molecule has 2 unspecified atom stereocenters. The second-order valence-electron chi connectivity index (χ2n) is 9.20. The van der Waals surface area contributed by atoms with Gasteiger partial charge in [-0.15, -0.1) is 0 Å². The van der Waals surface area contributed by atoms with Gasteiger partial charge in [0.2, 0.25) is 0 Å². The van der Waals surface area contributed by atoms with Gasteiger partial charge in [-0.3, -0.25) is 14.8 Å². The summed E-state index contributed by atoms with van der Waals surface area (Å²) < 4.78 is 42.0. The van der Waals surface area contributed by atoms with Crippen LogP contribution in [0, 0.1) is 11.3 Å². The van der Waals surface area contributed by atoms with E-state index in [4.69, 9.17) is 4.99 Å². The predicted molar refractivity (Wildman–Crippen MR) is 114 cm³/mol. The highest BCUT2D eigenvalue weighted by Crippen LogP contribution is 2.52. The summed E-state index contributed by atoms with van der Waals surface area (Å²) in [6.45, 7) is 4.00. The van der Waals surface area contributed by atoms with Crippen LogP contribution in [-0.4, -0.2) is 16.5 Å². The highest BCUT2D eigenvalue weighted by atomic mass is 19.4. The lowest BCUT2D eigenvalue weighted by atomic mass is 9.63. The molecule has 2 heterocycles. The summed E-state index contributed by atoms with van der Waals surface area (Å²) in [5, 5.41) is 0.738. The zero-order chi connectivity index (χ0) is 22.0. The third-order valence-corrected chi connectivity index (χ3v) is 6.33. The standard InChI is InChI=1S/C25H21F3N2O/c1-24(2)12-19-23(20(31)13-24)22(14-6-3-4-8-16(14)25(26,27)28)21-15-7-5-11-29-17(15)9-10-18(21)30-19/h3-11,22-23H,12-13H2,1-2H3. The second-order valence-corrected chi connectivity index (χ2v) is 9.20. The number of carbonyl (C=O) groups is 1. The van der Waals surface area contributed by atoms with E-state index in [1.807, 2.05) is 32.0 Å². The summed E-state index contributed by atoms with van der Waals surface area (Å²) in [5.74, 6) is -1.50. The van der Waals surface area contributed by atoms with Crippen molar-refractivity contribution in [3.05, 3.63) is 71.4 Å². The number of carbonyl (C=O) groups excluding carboxylic acids is 1. The van der Waals surface area contributed by atoms with Crippen molar-refractivity contribution in [3.8, 4) is 0 Å². The molecule has 3 aromatic rings. The molecule has 0 N–H and O–H groups in total. The van der Waals surface area contributed by atoms with Crippen molar-refractivity contribution in [2.75, 3.05) is 0 Å². The van der Waals surface area contributed by atoms with Crippen molar-refractivity contribution in [3.63, 3.8) is 0 Å². The van der Waals surface area contributed by atoms with Crippen molar-refractivity contribution in [1.29, 1.82) is 0 Å². The van der Waals surface area contributed by atoms with Gasteiger partial charge in [-0.2, -0.15) is 13.2 Å². The summed E-state index contributed by atoms with van der Waals surface area (Å²) in [5.41, 5.74) is 1.79. The third kappa shape index (κ3) is 3.25. The minimum absolute atomic E-state index is 0.0523. The number of hydrogen-bond donors (Lipinski definition) is 0. The number of rotatable bonds is 1. The van der Waals surface area contributed by atoms with E-state index >= 15 is 0 Å². The van der Waals surface area contributed by atoms with E-state index in [1.165, 1.54) is 12.1 Å². The first-order chi connectivity index (χ1) is 14.7. The first-order valence-corrected chi connectivity index (χ1v) is 10.3. The maximum Gasteiger partial charge on any atom is 0.416 e. The maximum absolute atomic E-state index is 14.0. The average Bonchev–Trinajstić information content (AvgIpc) is 2.70. The molecule has 31 heavy (non-hydrogen) atoms. The Morgan fingerprint density at radius 3 is 2.52 bits per heavy atom. The number of aromatic nitrogens is 1. The fraction of sp³-hybridized carbons (Fsp3) is 0.320. The zero-order valence-electron chi connectivity index (χ0n) is 17.2. The van der Waals surface area contributed by atoms with E-state index in [-0.39, 0.29) is 16.8 Å². The molecule has 1 saturated carbocycles. The van der Waals surface area contributed by atoms with Gasteiger partial charge in [-0.25, -0.2) is 0 Å². The smallest absolute Gasteiger partial charge is 0.299 e. The highest BCUT2D eigenvalue weighted by Gasteiger charge is 2.48. The molecule has 0 saturated heterocycles. The molecule has 1 aromatic heterocycles. The highest BCUT2D eigenvalue weighted by molar-refractivity contribution is 6.12. The third-order valence-electron chi connectivity index (χ3n) is 6.33. The number of pyridine rings is 1. The molecular formula is C25H21F3N2O. The van der Waals surface area contributed by atoms with Crippen LogP contribution >= 0.6 is 0 Å². The van der Waals surface area contributed by atoms with E-state index in [2.05, 4.69) is 4.98 Å². The van der Waals surface area contributed by atoms with Gasteiger partial charge in [0, 0.05) is 29.6 Å². The van der Waals surface area contributed by atoms with Crippen molar-refractivity contribution in [2.24, 2.45) is 16.3 Å². The van der Waals surface area contributed by atoms with Crippen LogP contribution < -0.4 is 0 Å². The number of hydrogen-bond acceptors (Lipinski definition) is 3. The van der Waals surface area contributed by atoms with E-state index < -0.39 is 23.6 Å². The largest absolute Gasteiger partial charge is 0.416 e. The molecular weight excluding hydrogens is 401 g/mol. The van der Waals surface area contributed by atoms with Gasteiger partial charge in [-0.1, -0.05) is 38.1 Å². The molecule has 5 rings (SSSR count). The molecule has 2 aliphatic rings. The predicted octanol–water partition coefficient (Wildman–Crippen LogP) is 6.48. The van der Waals surface area contributed by atoms with Crippen molar-refractivity contribution in [1.82, 2.24) is 4.98 Å². The number of aliphatic imine (C=N–C) groups is 1. The normalized spacial score (nSPS) is 22.6. The molecule has 1 fully saturated rings. The van der Waals surface area contributed by atoms with Gasteiger partial charge in [-0.05, 0) is 47.2 Å². The molecule has 3 nitrogen and oxygen atoms in total. The SMILES string of the molecule is CC1(C)CC(=O)C2C(=Nc3ccc4ncccc4c3C2c2ccccc2C(F)(F)F)C1. The van der Waals surface area contributed by atoms with Gasteiger partial charge < -0.3 is 0 Å². The minimum Gasteiger partial charge on any atom is -0.299 e. The Labute approximate surface area is 178 Å². The van der Waals surface area contributed by atoms with Crippen molar-refractivity contribution in [2.45, 2.75) is 38.8 Å². The summed E-state index contributed by atoms with van der Waals surface area (Å²) in [6, 6.07) is 12.9. The Morgan fingerprint density at radius 1 is 0.968 bits per heavy atom. The number of nitrogens with zero attached hydrogens (tertiary/aromatic N) is 2. The Morgan fingerprint density at radius 2 is 1.74 bits per heavy atom. The van der Waals surface area contributed by atoms with E-state index in [1.54, 1.807) is 18.3 Å². The van der Waals surface area contributed by atoms with Crippen molar-refractivity contribution >= 4 is 28.1 Å². The van der Waals surface area contributed by atoms with E-state index in [0.717, 1.165) is 11.5 Å². The Balaban J connectivity index is 1.85. The number of benzene rings is 2. The van der Waals surface area contributed by atoms with Crippen LogP contribution in [0.3, 0.4) is 0 Å². The second kappa shape index (κ2) is 6.74. The van der Waals surface area contributed by atoms with Crippen LogP contribution in [0.15, 0.2) is 59.7 Å². The van der Waals surface area contributed by atoms with Gasteiger partial charge in [0.15, 0.2) is 0 Å². The zero-order valence-corrected chi connectivity index (χ0v) is 17.2. The number of alkyl halides is 3. The lowest BCUT2D eigenvalue weighted by molar-refractivity contribution is -0.138. The van der Waals surface area contributed by atoms with Gasteiger partial charge in [0.1, 0.15) is 5.78 Å². The molecule has 158 valence electrons. The topological polar surface area (TPSA) is 42.3 Å². The van der Waals surface area contributed by atoms with Crippen LogP contribution in [0.2, 0.25) is 0 Å². The lowest BCUT2D eigenvalue weighted by Gasteiger charge is -2.41. The monoisotopic (exact) mass is 422 g/mol. The van der Waals surface area contributed by atoms with Gasteiger partial charge in [0.05, 0.1) is 22.7 Å². The summed E-state index contributed by atoms with van der Waals surface area (Å²) in [4.78, 5) is 22.6. The van der Waals surface area contributed by atoms with Crippen LogP contribution in [-0.2, 0) is 11.0 Å². The molecule has 0 bridgehead atoms. The maximum atomic E-state index is 14.0. The first-order valence-electron chi connectivity index (χ1n) is 10.3.